The number of methoxy groups -OCH3 is 1. The number of ketones is 1. The Morgan fingerprint density at radius 2 is 1.94 bits per heavy atom. The van der Waals surface area contributed by atoms with Gasteiger partial charge in [0.15, 0.2) is 0 Å². The molecule has 0 aromatic heterocycles. The van der Waals surface area contributed by atoms with Gasteiger partial charge in [0.1, 0.15) is 5.78 Å². The van der Waals surface area contributed by atoms with Crippen LogP contribution in [0, 0.1) is 0 Å². The fourth-order valence-corrected chi connectivity index (χ4v) is 1.60. The van der Waals surface area contributed by atoms with Crippen molar-refractivity contribution in [3.63, 3.8) is 0 Å². The summed E-state index contributed by atoms with van der Waals surface area (Å²) in [6, 6.07) is 0. The molecule has 0 radical (unpaired) electrons. The third kappa shape index (κ3) is 10.1. The van der Waals surface area contributed by atoms with E-state index in [0.29, 0.717) is 19.3 Å². The first kappa shape index (κ1) is 15.6. The standard InChI is InChI=1S/C13H26O3/c1-3-4-7-12(14)9-10-13(15)8-5-6-11-16-2/h13,15H,3-11H2,1-2H3. The van der Waals surface area contributed by atoms with Gasteiger partial charge < -0.3 is 9.84 Å². The van der Waals surface area contributed by atoms with Crippen LogP contribution in [0.5, 0.6) is 0 Å². The molecule has 3 heteroatoms. The zero-order chi connectivity index (χ0) is 12.2. The summed E-state index contributed by atoms with van der Waals surface area (Å²) < 4.78 is 4.93. The molecule has 0 aromatic rings. The molecule has 0 aromatic carbocycles. The lowest BCUT2D eigenvalue weighted by molar-refractivity contribution is -0.119. The van der Waals surface area contributed by atoms with Gasteiger partial charge in [0.05, 0.1) is 6.10 Å². The van der Waals surface area contributed by atoms with Gasteiger partial charge >= 0.3 is 0 Å². The third-order valence-electron chi connectivity index (χ3n) is 2.70. The lowest BCUT2D eigenvalue weighted by Gasteiger charge is -2.09. The minimum atomic E-state index is -0.317. The van der Waals surface area contributed by atoms with Gasteiger partial charge in [-0.25, -0.2) is 0 Å². The molecule has 96 valence electrons. The Bertz CT molecular complexity index is 169. The molecule has 0 aliphatic heterocycles. The van der Waals surface area contributed by atoms with Crippen molar-refractivity contribution in [3.8, 4) is 0 Å². The van der Waals surface area contributed by atoms with Crippen molar-refractivity contribution in [2.75, 3.05) is 13.7 Å². The molecule has 1 N–H and O–H groups in total. The highest BCUT2D eigenvalue weighted by molar-refractivity contribution is 5.78. The number of ether oxygens (including phenoxy) is 1. The fourth-order valence-electron chi connectivity index (χ4n) is 1.60. The lowest BCUT2D eigenvalue weighted by atomic mass is 10.0. The first-order chi connectivity index (χ1) is 7.70. The van der Waals surface area contributed by atoms with E-state index in [9.17, 15) is 9.90 Å². The van der Waals surface area contributed by atoms with Crippen molar-refractivity contribution >= 4 is 5.78 Å². The normalized spacial score (nSPS) is 12.7. The summed E-state index contributed by atoms with van der Waals surface area (Å²) in [5.41, 5.74) is 0. The summed E-state index contributed by atoms with van der Waals surface area (Å²) in [4.78, 5) is 11.4. The maximum absolute atomic E-state index is 11.4. The van der Waals surface area contributed by atoms with E-state index in [1.807, 2.05) is 0 Å². The van der Waals surface area contributed by atoms with E-state index in [1.54, 1.807) is 7.11 Å². The van der Waals surface area contributed by atoms with E-state index in [2.05, 4.69) is 6.92 Å². The number of rotatable bonds is 11. The van der Waals surface area contributed by atoms with Crippen LogP contribution in [-0.4, -0.2) is 30.7 Å². The average molecular weight is 230 g/mol. The fraction of sp³-hybridized carbons (Fsp3) is 0.923. The van der Waals surface area contributed by atoms with Gasteiger partial charge in [0.2, 0.25) is 0 Å². The molecule has 0 spiro atoms. The summed E-state index contributed by atoms with van der Waals surface area (Å²) in [6.45, 7) is 2.83. The number of carbonyl (C=O) groups excluding carboxylic acids is 1. The van der Waals surface area contributed by atoms with E-state index in [1.165, 1.54) is 0 Å². The van der Waals surface area contributed by atoms with Gasteiger partial charge in [0.25, 0.3) is 0 Å². The van der Waals surface area contributed by atoms with Crippen molar-refractivity contribution < 1.29 is 14.6 Å². The summed E-state index contributed by atoms with van der Waals surface area (Å²) in [5, 5.41) is 9.63. The number of Topliss-reactive ketones (excluding diaryl/α,β-unsaturated/α-hetero) is 1. The minimum Gasteiger partial charge on any atom is -0.393 e. The second-order valence-corrected chi connectivity index (χ2v) is 4.32. The summed E-state index contributed by atoms with van der Waals surface area (Å²) >= 11 is 0. The monoisotopic (exact) mass is 230 g/mol. The molecule has 16 heavy (non-hydrogen) atoms. The summed E-state index contributed by atoms with van der Waals surface area (Å²) in [5.74, 6) is 0.290. The molecule has 0 amide bonds. The van der Waals surface area contributed by atoms with E-state index >= 15 is 0 Å². The zero-order valence-electron chi connectivity index (χ0n) is 10.7. The summed E-state index contributed by atoms with van der Waals surface area (Å²) in [6.07, 6.45) is 6.28. The number of aliphatic hydroxyl groups excluding tert-OH is 1. The Morgan fingerprint density at radius 1 is 1.19 bits per heavy atom. The van der Waals surface area contributed by atoms with Gasteiger partial charge in [-0.2, -0.15) is 0 Å². The molecule has 1 atom stereocenters. The molecule has 0 saturated carbocycles. The van der Waals surface area contributed by atoms with E-state index in [0.717, 1.165) is 38.7 Å². The van der Waals surface area contributed by atoms with Gasteiger partial charge in [-0.15, -0.1) is 0 Å². The van der Waals surface area contributed by atoms with E-state index < -0.39 is 0 Å². The molecular weight excluding hydrogens is 204 g/mol. The van der Waals surface area contributed by atoms with Gasteiger partial charge in [-0.1, -0.05) is 13.3 Å². The number of aliphatic hydroxyl groups is 1. The van der Waals surface area contributed by atoms with Crippen LogP contribution in [0.4, 0.5) is 0 Å². The largest absolute Gasteiger partial charge is 0.393 e. The Hall–Kier alpha value is -0.410. The van der Waals surface area contributed by atoms with Crippen molar-refractivity contribution in [2.24, 2.45) is 0 Å². The molecule has 0 rings (SSSR count). The smallest absolute Gasteiger partial charge is 0.133 e. The number of hydrogen-bond donors (Lipinski definition) is 1. The maximum Gasteiger partial charge on any atom is 0.133 e. The quantitative estimate of drug-likeness (QED) is 0.555. The molecule has 0 saturated heterocycles. The maximum atomic E-state index is 11.4. The van der Waals surface area contributed by atoms with Crippen LogP contribution in [0.15, 0.2) is 0 Å². The predicted octanol–water partition coefficient (Wildman–Crippen LogP) is 2.70. The van der Waals surface area contributed by atoms with Crippen LogP contribution in [0.3, 0.4) is 0 Å². The van der Waals surface area contributed by atoms with Crippen molar-refractivity contribution in [3.05, 3.63) is 0 Å². The molecule has 0 heterocycles. The molecule has 0 aliphatic rings. The molecular formula is C13H26O3. The summed E-state index contributed by atoms with van der Waals surface area (Å²) in [7, 11) is 1.68. The van der Waals surface area contributed by atoms with Crippen LogP contribution < -0.4 is 0 Å². The Labute approximate surface area is 99.2 Å². The molecule has 1 unspecified atom stereocenters. The second-order valence-electron chi connectivity index (χ2n) is 4.32. The highest BCUT2D eigenvalue weighted by atomic mass is 16.5. The number of hydrogen-bond acceptors (Lipinski definition) is 3. The van der Waals surface area contributed by atoms with Crippen molar-refractivity contribution in [1.82, 2.24) is 0 Å². The molecule has 0 fully saturated rings. The Morgan fingerprint density at radius 3 is 2.56 bits per heavy atom. The van der Waals surface area contributed by atoms with Crippen LogP contribution in [0.2, 0.25) is 0 Å². The number of carbonyl (C=O) groups is 1. The first-order valence-corrected chi connectivity index (χ1v) is 6.39. The minimum absolute atomic E-state index is 0.290. The van der Waals surface area contributed by atoms with Crippen LogP contribution in [-0.2, 0) is 9.53 Å². The third-order valence-corrected chi connectivity index (χ3v) is 2.70. The predicted molar refractivity (Wildman–Crippen MR) is 65.5 cm³/mol. The van der Waals surface area contributed by atoms with Crippen molar-refractivity contribution in [1.29, 1.82) is 0 Å². The van der Waals surface area contributed by atoms with E-state index in [-0.39, 0.29) is 11.9 Å². The Kier molecular flexibility index (Phi) is 10.8. The lowest BCUT2D eigenvalue weighted by Crippen LogP contribution is -2.10. The van der Waals surface area contributed by atoms with Gasteiger partial charge in [0, 0.05) is 26.6 Å². The SMILES string of the molecule is CCCCC(=O)CCC(O)CCCCOC. The zero-order valence-corrected chi connectivity index (χ0v) is 10.7. The molecule has 0 bridgehead atoms. The van der Waals surface area contributed by atoms with Gasteiger partial charge in [-0.3, -0.25) is 4.79 Å². The topological polar surface area (TPSA) is 46.5 Å². The second kappa shape index (κ2) is 11.1. The Balaban J connectivity index is 3.34. The highest BCUT2D eigenvalue weighted by Crippen LogP contribution is 2.09. The highest BCUT2D eigenvalue weighted by Gasteiger charge is 2.07. The van der Waals surface area contributed by atoms with Crippen LogP contribution in [0.1, 0.15) is 58.3 Å². The first-order valence-electron chi connectivity index (χ1n) is 6.39. The van der Waals surface area contributed by atoms with Gasteiger partial charge in [-0.05, 0) is 32.1 Å². The average Bonchev–Trinajstić information content (AvgIpc) is 2.29. The molecule has 0 aliphatic carbocycles. The van der Waals surface area contributed by atoms with Crippen LogP contribution in [0.25, 0.3) is 0 Å². The van der Waals surface area contributed by atoms with Crippen LogP contribution >= 0.6 is 0 Å². The van der Waals surface area contributed by atoms with Crippen molar-refractivity contribution in [2.45, 2.75) is 64.4 Å². The number of unbranched alkanes of at least 4 members (excludes halogenated alkanes) is 2. The molecule has 3 nitrogen and oxygen atoms in total. The van der Waals surface area contributed by atoms with E-state index in [4.69, 9.17) is 4.74 Å².